The summed E-state index contributed by atoms with van der Waals surface area (Å²) in [4.78, 5) is 0.0462. The highest BCUT2D eigenvalue weighted by Crippen LogP contribution is 2.35. The summed E-state index contributed by atoms with van der Waals surface area (Å²) in [6.07, 6.45) is 1.76. The average Bonchev–Trinajstić information content (AvgIpc) is 2.38. The number of halogens is 3. The van der Waals surface area contributed by atoms with Gasteiger partial charge in [-0.2, -0.15) is 0 Å². The van der Waals surface area contributed by atoms with Crippen LogP contribution in [0.25, 0.3) is 0 Å². The van der Waals surface area contributed by atoms with E-state index in [1.807, 2.05) is 0 Å². The number of piperidine rings is 1. The normalized spacial score (nSPS) is 18.9. The summed E-state index contributed by atoms with van der Waals surface area (Å²) in [5.41, 5.74) is 0. The lowest BCUT2D eigenvalue weighted by molar-refractivity contribution is 0.397. The van der Waals surface area contributed by atoms with Gasteiger partial charge in [0.05, 0.1) is 11.6 Å². The fourth-order valence-electron chi connectivity index (χ4n) is 2.17. The summed E-state index contributed by atoms with van der Waals surface area (Å²) >= 11 is 9.20. The summed E-state index contributed by atoms with van der Waals surface area (Å²) in [7, 11) is -2.25. The monoisotopic (exact) mass is 418 g/mol. The van der Waals surface area contributed by atoms with E-state index < -0.39 is 10.0 Å². The second-order valence-corrected chi connectivity index (χ2v) is 7.56. The first-order valence-corrected chi connectivity index (χ1v) is 8.85. The third-order valence-electron chi connectivity index (χ3n) is 3.09. The Morgan fingerprint density at radius 2 is 2.19 bits per heavy atom. The minimum absolute atomic E-state index is 0. The van der Waals surface area contributed by atoms with Crippen molar-refractivity contribution in [2.75, 3.05) is 20.2 Å². The zero-order chi connectivity index (χ0) is 14.8. The molecule has 1 aromatic rings. The lowest BCUT2D eigenvalue weighted by Gasteiger charge is -2.24. The molecule has 0 radical (unpaired) electrons. The molecule has 1 heterocycles. The second-order valence-electron chi connectivity index (χ2n) is 4.58. The number of ether oxygens (including phenoxy) is 1. The van der Waals surface area contributed by atoms with Gasteiger partial charge in [0, 0.05) is 17.6 Å². The van der Waals surface area contributed by atoms with Crippen molar-refractivity contribution < 1.29 is 13.2 Å². The molecule has 0 aliphatic carbocycles. The van der Waals surface area contributed by atoms with E-state index in [1.165, 1.54) is 13.2 Å². The number of methoxy groups -OCH3 is 1. The Hall–Kier alpha value is -0.0500. The van der Waals surface area contributed by atoms with Crippen molar-refractivity contribution in [3.05, 3.63) is 21.6 Å². The molecule has 1 aliphatic rings. The van der Waals surface area contributed by atoms with Crippen LogP contribution in [0.4, 0.5) is 0 Å². The average molecular weight is 420 g/mol. The maximum atomic E-state index is 12.5. The molecule has 1 aromatic carbocycles. The lowest BCUT2D eigenvalue weighted by atomic mass is 10.1. The van der Waals surface area contributed by atoms with E-state index in [4.69, 9.17) is 16.3 Å². The van der Waals surface area contributed by atoms with Crippen LogP contribution in [0, 0.1) is 0 Å². The summed E-state index contributed by atoms with van der Waals surface area (Å²) in [5.74, 6) is 0.255. The molecule has 1 atom stereocenters. The lowest BCUT2D eigenvalue weighted by Crippen LogP contribution is -2.45. The summed E-state index contributed by atoms with van der Waals surface area (Å²) in [6.45, 7) is 1.55. The van der Waals surface area contributed by atoms with Gasteiger partial charge in [-0.15, -0.1) is 12.4 Å². The Morgan fingerprint density at radius 3 is 2.76 bits per heavy atom. The topological polar surface area (TPSA) is 67.4 Å². The molecule has 1 fully saturated rings. The molecular weight excluding hydrogens is 403 g/mol. The van der Waals surface area contributed by atoms with Crippen LogP contribution in [0.15, 0.2) is 21.5 Å². The van der Waals surface area contributed by atoms with Crippen LogP contribution in [0.2, 0.25) is 5.02 Å². The van der Waals surface area contributed by atoms with E-state index in [1.54, 1.807) is 6.07 Å². The standard InChI is InChI=1S/C12H16BrClN2O3S.ClH/c1-19-12-10(13)5-8(14)6-11(12)20(17,18)16-9-3-2-4-15-7-9;/h5-6,9,15-16H,2-4,7H2,1H3;1H. The van der Waals surface area contributed by atoms with E-state index in [-0.39, 0.29) is 29.1 Å². The van der Waals surface area contributed by atoms with Gasteiger partial charge in [-0.05, 0) is 47.4 Å². The Morgan fingerprint density at radius 1 is 1.48 bits per heavy atom. The smallest absolute Gasteiger partial charge is 0.244 e. The van der Waals surface area contributed by atoms with Crippen molar-refractivity contribution in [3.8, 4) is 5.75 Å². The molecule has 0 aromatic heterocycles. The molecule has 21 heavy (non-hydrogen) atoms. The number of hydrogen-bond donors (Lipinski definition) is 2. The van der Waals surface area contributed by atoms with Crippen molar-refractivity contribution >= 4 is 50.0 Å². The number of nitrogens with one attached hydrogen (secondary N) is 2. The van der Waals surface area contributed by atoms with Crippen molar-refractivity contribution in [1.29, 1.82) is 0 Å². The van der Waals surface area contributed by atoms with Gasteiger partial charge in [0.1, 0.15) is 4.90 Å². The van der Waals surface area contributed by atoms with E-state index in [0.717, 1.165) is 19.4 Å². The van der Waals surface area contributed by atoms with Crippen LogP contribution in [0.1, 0.15) is 12.8 Å². The van der Waals surface area contributed by atoms with Crippen molar-refractivity contribution in [2.24, 2.45) is 0 Å². The quantitative estimate of drug-likeness (QED) is 0.786. The fraction of sp³-hybridized carbons (Fsp3) is 0.500. The van der Waals surface area contributed by atoms with Crippen LogP contribution in [0.3, 0.4) is 0 Å². The summed E-state index contributed by atoms with van der Waals surface area (Å²) < 4.78 is 33.3. The largest absolute Gasteiger partial charge is 0.494 e. The predicted molar refractivity (Wildman–Crippen MR) is 89.2 cm³/mol. The number of hydrogen-bond acceptors (Lipinski definition) is 4. The van der Waals surface area contributed by atoms with Crippen LogP contribution in [0.5, 0.6) is 5.75 Å². The Labute approximate surface area is 144 Å². The molecule has 0 amide bonds. The highest BCUT2D eigenvalue weighted by Gasteiger charge is 2.26. The van der Waals surface area contributed by atoms with E-state index >= 15 is 0 Å². The molecule has 0 bridgehead atoms. The molecule has 9 heteroatoms. The van der Waals surface area contributed by atoms with E-state index in [9.17, 15) is 8.42 Å². The minimum atomic E-state index is -3.68. The zero-order valence-corrected chi connectivity index (χ0v) is 15.3. The first-order chi connectivity index (χ1) is 9.44. The molecule has 1 unspecified atom stereocenters. The van der Waals surface area contributed by atoms with Gasteiger partial charge in [-0.25, -0.2) is 13.1 Å². The van der Waals surface area contributed by atoms with Gasteiger partial charge >= 0.3 is 0 Å². The number of benzene rings is 1. The second kappa shape index (κ2) is 7.99. The fourth-order valence-corrected chi connectivity index (χ4v) is 4.82. The molecule has 5 nitrogen and oxygen atoms in total. The molecule has 2 rings (SSSR count). The molecule has 1 saturated heterocycles. The van der Waals surface area contributed by atoms with Crippen LogP contribution < -0.4 is 14.8 Å². The molecule has 2 N–H and O–H groups in total. The van der Waals surface area contributed by atoms with Gasteiger partial charge in [-0.1, -0.05) is 11.6 Å². The van der Waals surface area contributed by atoms with Gasteiger partial charge in [-0.3, -0.25) is 0 Å². The first kappa shape index (κ1) is 19.0. The maximum Gasteiger partial charge on any atom is 0.244 e. The highest BCUT2D eigenvalue weighted by atomic mass is 79.9. The van der Waals surface area contributed by atoms with E-state index in [2.05, 4.69) is 26.0 Å². The minimum Gasteiger partial charge on any atom is -0.494 e. The third kappa shape index (κ3) is 4.71. The predicted octanol–water partition coefficient (Wildman–Crippen LogP) is 2.56. The Kier molecular flexibility index (Phi) is 7.23. The molecule has 120 valence electrons. The first-order valence-electron chi connectivity index (χ1n) is 6.20. The Balaban J connectivity index is 0.00000220. The highest BCUT2D eigenvalue weighted by molar-refractivity contribution is 9.10. The van der Waals surface area contributed by atoms with Gasteiger partial charge in [0.2, 0.25) is 10.0 Å². The van der Waals surface area contributed by atoms with Crippen molar-refractivity contribution in [2.45, 2.75) is 23.8 Å². The molecule has 0 saturated carbocycles. The number of rotatable bonds is 4. The van der Waals surface area contributed by atoms with Crippen LogP contribution in [-0.2, 0) is 10.0 Å². The maximum absolute atomic E-state index is 12.5. The molecule has 1 aliphatic heterocycles. The van der Waals surface area contributed by atoms with E-state index in [0.29, 0.717) is 16.0 Å². The third-order valence-corrected chi connectivity index (χ3v) is 5.42. The Bertz CT molecular complexity index is 592. The molecule has 0 spiro atoms. The van der Waals surface area contributed by atoms with Gasteiger partial charge in [0.25, 0.3) is 0 Å². The molecular formula is C12H17BrCl2N2O3S. The van der Waals surface area contributed by atoms with Gasteiger partial charge < -0.3 is 10.1 Å². The zero-order valence-electron chi connectivity index (χ0n) is 11.4. The number of sulfonamides is 1. The SMILES string of the molecule is COc1c(Br)cc(Cl)cc1S(=O)(=O)NC1CCCNC1.Cl. The summed E-state index contributed by atoms with van der Waals surface area (Å²) in [6, 6.07) is 2.88. The van der Waals surface area contributed by atoms with Crippen molar-refractivity contribution in [3.63, 3.8) is 0 Å². The van der Waals surface area contributed by atoms with Crippen LogP contribution in [-0.4, -0.2) is 34.7 Å². The van der Waals surface area contributed by atoms with Crippen LogP contribution >= 0.6 is 39.9 Å². The van der Waals surface area contributed by atoms with Gasteiger partial charge in [0.15, 0.2) is 5.75 Å². The van der Waals surface area contributed by atoms with Crippen molar-refractivity contribution in [1.82, 2.24) is 10.0 Å². The summed E-state index contributed by atoms with van der Waals surface area (Å²) in [5, 5.41) is 3.50.